The molecule has 0 aliphatic heterocycles. The summed E-state index contributed by atoms with van der Waals surface area (Å²) in [5.41, 5.74) is 2.85. The monoisotopic (exact) mass is 328 g/mol. The van der Waals surface area contributed by atoms with Crippen molar-refractivity contribution in [3.8, 4) is 11.1 Å². The zero-order valence-electron chi connectivity index (χ0n) is 14.2. The third-order valence-corrected chi connectivity index (χ3v) is 5.61. The molecule has 120 valence electrons. The molecule has 2 aliphatic rings. The Kier molecular flexibility index (Phi) is 2.70. The highest BCUT2D eigenvalue weighted by Crippen LogP contribution is 2.39. The molecule has 5 aromatic carbocycles. The molecule has 0 heteroatoms. The first-order valence-electron chi connectivity index (χ1n) is 9.05. The number of rotatable bonds is 0. The molecule has 0 saturated carbocycles. The fourth-order valence-corrected chi connectivity index (χ4v) is 4.24. The van der Waals surface area contributed by atoms with Crippen LogP contribution in [-0.2, 0) is 0 Å². The van der Waals surface area contributed by atoms with Crippen LogP contribution in [0, 0.1) is 0 Å². The van der Waals surface area contributed by atoms with Gasteiger partial charge in [0.25, 0.3) is 0 Å². The van der Waals surface area contributed by atoms with Crippen molar-refractivity contribution >= 4 is 43.1 Å². The molecule has 0 fully saturated rings. The van der Waals surface area contributed by atoms with Crippen LogP contribution in [0.1, 0.15) is 0 Å². The quantitative estimate of drug-likeness (QED) is 0.201. The Morgan fingerprint density at radius 2 is 0.615 bits per heavy atom. The van der Waals surface area contributed by atoms with Crippen LogP contribution in [0.25, 0.3) is 54.2 Å². The second-order valence-corrected chi connectivity index (χ2v) is 7.00. The molecule has 2 aliphatic carbocycles. The summed E-state index contributed by atoms with van der Waals surface area (Å²) >= 11 is 0. The third-order valence-electron chi connectivity index (χ3n) is 5.61. The van der Waals surface area contributed by atoms with Gasteiger partial charge in [0.15, 0.2) is 0 Å². The van der Waals surface area contributed by atoms with Crippen LogP contribution in [0.5, 0.6) is 0 Å². The molecule has 5 aromatic rings. The van der Waals surface area contributed by atoms with E-state index in [2.05, 4.69) is 97.1 Å². The first-order chi connectivity index (χ1) is 12.9. The summed E-state index contributed by atoms with van der Waals surface area (Å²) < 4.78 is 0. The molecule has 0 aromatic heterocycles. The Labute approximate surface area is 151 Å². The lowest BCUT2D eigenvalue weighted by Gasteiger charge is -2.13. The summed E-state index contributed by atoms with van der Waals surface area (Å²) in [6.45, 7) is 0. The molecule has 0 unspecified atom stereocenters. The number of benzene rings is 6. The summed E-state index contributed by atoms with van der Waals surface area (Å²) in [6, 6.07) is 34.9. The van der Waals surface area contributed by atoms with Crippen molar-refractivity contribution in [3.63, 3.8) is 0 Å². The topological polar surface area (TPSA) is 0 Å². The third kappa shape index (κ3) is 1.79. The zero-order valence-corrected chi connectivity index (χ0v) is 14.2. The average Bonchev–Trinajstić information content (AvgIpc) is 2.69. The lowest BCUT2D eigenvalue weighted by Crippen LogP contribution is -1.85. The summed E-state index contributed by atoms with van der Waals surface area (Å²) in [6.07, 6.45) is 0. The molecule has 0 saturated heterocycles. The van der Waals surface area contributed by atoms with E-state index in [1.54, 1.807) is 0 Å². The van der Waals surface area contributed by atoms with Crippen LogP contribution in [0.3, 0.4) is 0 Å². The Hall–Kier alpha value is -3.38. The molecule has 0 bridgehead atoms. The number of hydrogen-bond donors (Lipinski definition) is 0. The standard InChI is InChI=1S/C20H12.C6H4/c1-5-13-6-2-11-17-18-12-4-8-14-7-3-10-16(20(14)18)15(9-1)19(13)17;1-2-6-4-3-5(1)6/h1-12H;1-4H. The minimum absolute atomic E-state index is 1.33. The molecule has 0 spiro atoms. The summed E-state index contributed by atoms with van der Waals surface area (Å²) in [7, 11) is 0. The van der Waals surface area contributed by atoms with Gasteiger partial charge >= 0.3 is 0 Å². The number of fused-ring (bicyclic) bond motifs is 3. The van der Waals surface area contributed by atoms with Crippen molar-refractivity contribution in [3.05, 3.63) is 97.1 Å². The first-order valence-corrected chi connectivity index (χ1v) is 9.05. The van der Waals surface area contributed by atoms with E-state index in [9.17, 15) is 0 Å². The van der Waals surface area contributed by atoms with Crippen LogP contribution >= 0.6 is 0 Å². The normalized spacial score (nSPS) is 11.8. The summed E-state index contributed by atoms with van der Waals surface area (Å²) in [4.78, 5) is 0. The minimum Gasteiger partial charge on any atom is -0.0610 e. The van der Waals surface area contributed by atoms with Crippen molar-refractivity contribution in [1.29, 1.82) is 0 Å². The molecular weight excluding hydrogens is 312 g/mol. The molecule has 0 nitrogen and oxygen atoms in total. The van der Waals surface area contributed by atoms with E-state index < -0.39 is 0 Å². The van der Waals surface area contributed by atoms with Crippen molar-refractivity contribution in [2.75, 3.05) is 0 Å². The van der Waals surface area contributed by atoms with E-state index in [-0.39, 0.29) is 0 Å². The van der Waals surface area contributed by atoms with Crippen molar-refractivity contribution in [2.24, 2.45) is 0 Å². The van der Waals surface area contributed by atoms with E-state index in [1.807, 2.05) is 0 Å². The van der Waals surface area contributed by atoms with E-state index in [4.69, 9.17) is 0 Å². The smallest absolute Gasteiger partial charge is 0.00264 e. The summed E-state index contributed by atoms with van der Waals surface area (Å²) in [5.74, 6) is 0. The van der Waals surface area contributed by atoms with Gasteiger partial charge in [0.2, 0.25) is 0 Å². The molecule has 0 N–H and O–H groups in total. The van der Waals surface area contributed by atoms with Gasteiger partial charge in [-0.2, -0.15) is 0 Å². The van der Waals surface area contributed by atoms with Gasteiger partial charge in [0, 0.05) is 0 Å². The van der Waals surface area contributed by atoms with Crippen LogP contribution in [-0.4, -0.2) is 0 Å². The van der Waals surface area contributed by atoms with Gasteiger partial charge in [-0.15, -0.1) is 0 Å². The maximum atomic E-state index is 2.25. The van der Waals surface area contributed by atoms with Crippen LogP contribution in [0.15, 0.2) is 97.1 Å². The number of hydrogen-bond acceptors (Lipinski definition) is 0. The lowest BCUT2D eigenvalue weighted by molar-refractivity contribution is 1.55. The predicted molar refractivity (Wildman–Crippen MR) is 113 cm³/mol. The highest BCUT2D eigenvalue weighted by Gasteiger charge is 2.11. The van der Waals surface area contributed by atoms with E-state index in [0.717, 1.165) is 0 Å². The Bertz CT molecular complexity index is 1210. The molecule has 0 heterocycles. The Morgan fingerprint density at radius 1 is 0.308 bits per heavy atom. The van der Waals surface area contributed by atoms with Gasteiger partial charge in [-0.05, 0) is 54.2 Å². The van der Waals surface area contributed by atoms with Crippen LogP contribution in [0.2, 0.25) is 0 Å². The Balaban J connectivity index is 0.000000193. The van der Waals surface area contributed by atoms with Crippen molar-refractivity contribution in [1.82, 2.24) is 0 Å². The molecule has 0 radical (unpaired) electrons. The van der Waals surface area contributed by atoms with Crippen molar-refractivity contribution in [2.45, 2.75) is 0 Å². The van der Waals surface area contributed by atoms with Gasteiger partial charge in [0.1, 0.15) is 0 Å². The lowest BCUT2D eigenvalue weighted by atomic mass is 9.90. The van der Waals surface area contributed by atoms with Crippen LogP contribution < -0.4 is 0 Å². The fourth-order valence-electron chi connectivity index (χ4n) is 4.24. The SMILES string of the molecule is c1cc2ccc1-2.c1cc2cccc3c4cccc5cccc(c(c1)c23)c54. The first kappa shape index (κ1) is 13.9. The molecule has 7 rings (SSSR count). The average molecular weight is 328 g/mol. The largest absolute Gasteiger partial charge is 0.0610 e. The molecular formula is C26H16. The highest BCUT2D eigenvalue weighted by atomic mass is 14.1. The zero-order chi connectivity index (χ0) is 17.1. The van der Waals surface area contributed by atoms with Gasteiger partial charge in [0.05, 0.1) is 0 Å². The van der Waals surface area contributed by atoms with Gasteiger partial charge in [-0.3, -0.25) is 0 Å². The van der Waals surface area contributed by atoms with E-state index in [1.165, 1.54) is 54.2 Å². The summed E-state index contributed by atoms with van der Waals surface area (Å²) in [5, 5.41) is 10.9. The molecule has 0 amide bonds. The maximum absolute atomic E-state index is 2.25. The van der Waals surface area contributed by atoms with Crippen molar-refractivity contribution < 1.29 is 0 Å². The van der Waals surface area contributed by atoms with Gasteiger partial charge in [-0.25, -0.2) is 0 Å². The van der Waals surface area contributed by atoms with E-state index in [0.29, 0.717) is 0 Å². The maximum Gasteiger partial charge on any atom is -0.00264 e. The van der Waals surface area contributed by atoms with Gasteiger partial charge < -0.3 is 0 Å². The molecule has 26 heavy (non-hydrogen) atoms. The Morgan fingerprint density at radius 3 is 0.846 bits per heavy atom. The van der Waals surface area contributed by atoms with Crippen LogP contribution in [0.4, 0.5) is 0 Å². The second kappa shape index (κ2) is 5.06. The fraction of sp³-hybridized carbons (Fsp3) is 0. The highest BCUT2D eigenvalue weighted by molar-refractivity contribution is 6.32. The minimum atomic E-state index is 1.33. The molecule has 0 atom stereocenters. The van der Waals surface area contributed by atoms with E-state index >= 15 is 0 Å². The van der Waals surface area contributed by atoms with Gasteiger partial charge in [-0.1, -0.05) is 97.1 Å². The second-order valence-electron chi connectivity index (χ2n) is 7.00. The predicted octanol–water partition coefficient (Wildman–Crippen LogP) is 7.40.